The van der Waals surface area contributed by atoms with Crippen LogP contribution in [0.2, 0.25) is 5.02 Å². The van der Waals surface area contributed by atoms with Crippen molar-refractivity contribution >= 4 is 55.7 Å². The second-order valence-electron chi connectivity index (χ2n) is 9.25. The molecule has 1 N–H and O–H groups in total. The molecule has 1 amide bonds. The van der Waals surface area contributed by atoms with Gasteiger partial charge in [-0.25, -0.2) is 9.37 Å². The van der Waals surface area contributed by atoms with Crippen molar-refractivity contribution in [2.45, 2.75) is 32.7 Å². The summed E-state index contributed by atoms with van der Waals surface area (Å²) >= 11 is 6.98. The maximum atomic E-state index is 14.1. The standard InChI is InChI=1S/C28H23ClFN3O4S/c1-13(2)16-9-17(14(3)8-21(16)37-4)25(34)23-24(15-6-5-7-31-12-15)33(27(36)26(23)35)28-32-20-10-18(29)19(30)11-22(20)38-28/h5-13,24,34H,1-4H3/b25-23+. The van der Waals surface area contributed by atoms with Crippen LogP contribution in [0.3, 0.4) is 0 Å². The zero-order valence-corrected chi connectivity index (χ0v) is 22.5. The molecule has 0 aliphatic carbocycles. The lowest BCUT2D eigenvalue weighted by Crippen LogP contribution is -2.29. The Morgan fingerprint density at radius 2 is 2.00 bits per heavy atom. The lowest BCUT2D eigenvalue weighted by molar-refractivity contribution is -0.132. The molecule has 2 aromatic heterocycles. The number of hydrogen-bond acceptors (Lipinski definition) is 7. The number of thiazole rings is 1. The largest absolute Gasteiger partial charge is 0.507 e. The number of hydrogen-bond donors (Lipinski definition) is 1. The van der Waals surface area contributed by atoms with E-state index in [0.29, 0.717) is 32.7 Å². The molecule has 7 nitrogen and oxygen atoms in total. The third-order valence-corrected chi connectivity index (χ3v) is 7.83. The number of methoxy groups -OCH3 is 1. The summed E-state index contributed by atoms with van der Waals surface area (Å²) in [5.74, 6) is -1.90. The smallest absolute Gasteiger partial charge is 0.301 e. The first-order valence-electron chi connectivity index (χ1n) is 11.8. The lowest BCUT2D eigenvalue weighted by atomic mass is 9.91. The number of rotatable bonds is 5. The summed E-state index contributed by atoms with van der Waals surface area (Å²) in [6, 6.07) is 8.58. The van der Waals surface area contributed by atoms with Gasteiger partial charge < -0.3 is 9.84 Å². The van der Waals surface area contributed by atoms with Gasteiger partial charge in [-0.3, -0.25) is 19.5 Å². The molecule has 0 saturated carbocycles. The number of aromatic nitrogens is 2. The number of benzene rings is 2. The van der Waals surface area contributed by atoms with Gasteiger partial charge >= 0.3 is 5.91 Å². The Balaban J connectivity index is 1.75. The van der Waals surface area contributed by atoms with E-state index in [1.165, 1.54) is 23.2 Å². The van der Waals surface area contributed by atoms with Crippen molar-refractivity contribution in [3.63, 3.8) is 0 Å². The number of ketones is 1. The van der Waals surface area contributed by atoms with Gasteiger partial charge in [0.05, 0.1) is 34.0 Å². The highest BCUT2D eigenvalue weighted by molar-refractivity contribution is 7.22. The molecule has 1 saturated heterocycles. The van der Waals surface area contributed by atoms with Crippen molar-refractivity contribution in [2.75, 3.05) is 12.0 Å². The summed E-state index contributed by atoms with van der Waals surface area (Å²) in [5, 5.41) is 11.7. The van der Waals surface area contributed by atoms with E-state index in [9.17, 15) is 19.1 Å². The van der Waals surface area contributed by atoms with E-state index in [2.05, 4.69) is 9.97 Å². The number of aliphatic hydroxyl groups is 1. The molecule has 10 heteroatoms. The molecular weight excluding hydrogens is 529 g/mol. The molecule has 4 aromatic rings. The zero-order valence-electron chi connectivity index (χ0n) is 21.0. The predicted octanol–water partition coefficient (Wildman–Crippen LogP) is 6.55. The van der Waals surface area contributed by atoms with Gasteiger partial charge in [-0.05, 0) is 59.9 Å². The predicted molar refractivity (Wildman–Crippen MR) is 145 cm³/mol. The molecule has 194 valence electrons. The van der Waals surface area contributed by atoms with E-state index >= 15 is 0 Å². The number of fused-ring (bicyclic) bond motifs is 1. The molecule has 3 heterocycles. The van der Waals surface area contributed by atoms with Crippen molar-refractivity contribution in [1.82, 2.24) is 9.97 Å². The van der Waals surface area contributed by atoms with Gasteiger partial charge in [0.25, 0.3) is 5.78 Å². The minimum atomic E-state index is -1.01. The maximum absolute atomic E-state index is 14.1. The van der Waals surface area contributed by atoms with Gasteiger partial charge in [0, 0.05) is 18.0 Å². The van der Waals surface area contributed by atoms with Gasteiger partial charge in [-0.2, -0.15) is 0 Å². The van der Waals surface area contributed by atoms with E-state index in [1.54, 1.807) is 44.5 Å². The minimum Gasteiger partial charge on any atom is -0.507 e. The second-order valence-corrected chi connectivity index (χ2v) is 10.7. The molecule has 1 aliphatic rings. The average molecular weight is 552 g/mol. The van der Waals surface area contributed by atoms with E-state index in [0.717, 1.165) is 16.9 Å². The van der Waals surface area contributed by atoms with Crippen molar-refractivity contribution in [3.05, 3.63) is 87.5 Å². The van der Waals surface area contributed by atoms with Crippen LogP contribution in [-0.4, -0.2) is 33.9 Å². The number of aliphatic hydroxyl groups excluding tert-OH is 1. The van der Waals surface area contributed by atoms with Crippen LogP contribution in [0.1, 0.15) is 48.1 Å². The minimum absolute atomic E-state index is 0.0728. The highest BCUT2D eigenvalue weighted by atomic mass is 35.5. The highest BCUT2D eigenvalue weighted by Gasteiger charge is 2.48. The van der Waals surface area contributed by atoms with Gasteiger partial charge in [0.1, 0.15) is 17.3 Å². The lowest BCUT2D eigenvalue weighted by Gasteiger charge is -2.23. The van der Waals surface area contributed by atoms with Crippen LogP contribution < -0.4 is 9.64 Å². The number of nitrogens with zero attached hydrogens (tertiary/aromatic N) is 3. The summed E-state index contributed by atoms with van der Waals surface area (Å²) in [6.45, 7) is 5.78. The molecule has 0 radical (unpaired) electrons. The summed E-state index contributed by atoms with van der Waals surface area (Å²) in [4.78, 5) is 36.8. The molecule has 1 atom stereocenters. The van der Waals surface area contributed by atoms with Crippen LogP contribution in [0.4, 0.5) is 9.52 Å². The van der Waals surface area contributed by atoms with Gasteiger partial charge in [0.2, 0.25) is 0 Å². The van der Waals surface area contributed by atoms with Crippen molar-refractivity contribution in [2.24, 2.45) is 0 Å². The molecule has 1 fully saturated rings. The van der Waals surface area contributed by atoms with E-state index in [4.69, 9.17) is 16.3 Å². The van der Waals surface area contributed by atoms with E-state index < -0.39 is 23.5 Å². The Labute approximate surface area is 227 Å². The van der Waals surface area contributed by atoms with Crippen LogP contribution in [0.5, 0.6) is 5.75 Å². The zero-order chi connectivity index (χ0) is 27.3. The molecule has 38 heavy (non-hydrogen) atoms. The van der Waals surface area contributed by atoms with Crippen molar-refractivity contribution < 1.29 is 23.8 Å². The summed E-state index contributed by atoms with van der Waals surface area (Å²) in [6.07, 6.45) is 3.10. The van der Waals surface area contributed by atoms with Gasteiger partial charge in [-0.15, -0.1) is 0 Å². The first kappa shape index (κ1) is 25.8. The van der Waals surface area contributed by atoms with Crippen LogP contribution in [0.25, 0.3) is 16.0 Å². The number of aryl methyl sites for hydroxylation is 1. The van der Waals surface area contributed by atoms with E-state index in [-0.39, 0.29) is 27.4 Å². The molecular formula is C28H23ClFN3O4S. The fraction of sp³-hybridized carbons (Fsp3) is 0.214. The molecule has 0 spiro atoms. The third-order valence-electron chi connectivity index (χ3n) is 6.52. The number of halogens is 2. The summed E-state index contributed by atoms with van der Waals surface area (Å²) in [7, 11) is 1.57. The normalized spacial score (nSPS) is 17.1. The fourth-order valence-electron chi connectivity index (χ4n) is 4.62. The molecule has 1 unspecified atom stereocenters. The Morgan fingerprint density at radius 1 is 1.24 bits per heavy atom. The number of ether oxygens (including phenoxy) is 1. The SMILES string of the molecule is COc1cc(C)c(/C(O)=C2\C(=O)C(=O)N(c3nc4cc(Cl)c(F)cc4s3)C2c2cccnc2)cc1C(C)C. The molecule has 0 bridgehead atoms. The maximum Gasteiger partial charge on any atom is 0.301 e. The monoisotopic (exact) mass is 551 g/mol. The topological polar surface area (TPSA) is 92.6 Å². The molecule has 1 aliphatic heterocycles. The summed E-state index contributed by atoms with van der Waals surface area (Å²) in [5.41, 5.74) is 2.73. The summed E-state index contributed by atoms with van der Waals surface area (Å²) < 4.78 is 20.1. The first-order chi connectivity index (χ1) is 18.1. The first-order valence-corrected chi connectivity index (χ1v) is 13.0. The van der Waals surface area contributed by atoms with Crippen LogP contribution in [0.15, 0.2) is 54.4 Å². The molecule has 2 aromatic carbocycles. The second kappa shape index (κ2) is 9.81. The van der Waals surface area contributed by atoms with Gasteiger partial charge in [-0.1, -0.05) is 42.9 Å². The van der Waals surface area contributed by atoms with Crippen LogP contribution in [-0.2, 0) is 9.59 Å². The third kappa shape index (κ3) is 4.21. The van der Waals surface area contributed by atoms with Crippen molar-refractivity contribution in [3.8, 4) is 5.75 Å². The van der Waals surface area contributed by atoms with Crippen LogP contribution in [0, 0.1) is 12.7 Å². The van der Waals surface area contributed by atoms with Crippen LogP contribution >= 0.6 is 22.9 Å². The Kier molecular flexibility index (Phi) is 6.66. The fourth-order valence-corrected chi connectivity index (χ4v) is 5.78. The van der Waals surface area contributed by atoms with E-state index in [1.807, 2.05) is 13.8 Å². The number of amides is 1. The Bertz CT molecular complexity index is 1600. The Morgan fingerprint density at radius 3 is 2.66 bits per heavy atom. The Hall–Kier alpha value is -3.82. The number of anilines is 1. The number of carbonyl (C=O) groups excluding carboxylic acids is 2. The van der Waals surface area contributed by atoms with Crippen molar-refractivity contribution in [1.29, 1.82) is 0 Å². The number of Topliss-reactive ketones (excluding diaryl/α,β-unsaturated/α-hetero) is 1. The average Bonchev–Trinajstić information content (AvgIpc) is 3.41. The quantitative estimate of drug-likeness (QED) is 0.172. The highest BCUT2D eigenvalue weighted by Crippen LogP contribution is 2.45. The molecule has 5 rings (SSSR count). The van der Waals surface area contributed by atoms with Gasteiger partial charge in [0.15, 0.2) is 5.13 Å². The number of pyridine rings is 1. The number of carbonyl (C=O) groups is 2.